The van der Waals surface area contributed by atoms with E-state index in [1.807, 2.05) is 13.8 Å². The van der Waals surface area contributed by atoms with Crippen molar-refractivity contribution in [1.29, 1.82) is 0 Å². The minimum absolute atomic E-state index is 0.110. The number of aryl methyl sites for hydroxylation is 2. The van der Waals surface area contributed by atoms with Crippen LogP contribution in [0.25, 0.3) is 0 Å². The van der Waals surface area contributed by atoms with Crippen molar-refractivity contribution >= 4 is 11.7 Å². The van der Waals surface area contributed by atoms with E-state index < -0.39 is 5.97 Å². The quantitative estimate of drug-likeness (QED) is 0.820. The van der Waals surface area contributed by atoms with Crippen molar-refractivity contribution in [2.45, 2.75) is 40.0 Å². The lowest BCUT2D eigenvalue weighted by Crippen LogP contribution is -2.12. The summed E-state index contributed by atoms with van der Waals surface area (Å²) in [5.74, 6) is -0.792. The zero-order valence-corrected chi connectivity index (χ0v) is 13.6. The first-order chi connectivity index (χ1) is 10.4. The number of hydrogen-bond donors (Lipinski definition) is 2. The van der Waals surface area contributed by atoms with Crippen LogP contribution >= 0.6 is 0 Å². The van der Waals surface area contributed by atoms with Crippen molar-refractivity contribution in [1.82, 2.24) is 0 Å². The fourth-order valence-electron chi connectivity index (χ4n) is 3.04. The van der Waals surface area contributed by atoms with E-state index in [2.05, 4.69) is 38.1 Å². The van der Waals surface area contributed by atoms with Gasteiger partial charge in [0.05, 0.1) is 5.56 Å². The average Bonchev–Trinajstić information content (AvgIpc) is 2.48. The Labute approximate surface area is 131 Å². The molecule has 0 spiro atoms. The van der Waals surface area contributed by atoms with Crippen LogP contribution in [0.3, 0.4) is 0 Å². The number of nitrogens with two attached hydrogens (primary N) is 1. The van der Waals surface area contributed by atoms with Gasteiger partial charge in [-0.2, -0.15) is 0 Å². The first-order valence-electron chi connectivity index (χ1n) is 7.56. The Balaban J connectivity index is 2.67. The molecule has 1 atom stereocenters. The van der Waals surface area contributed by atoms with Crippen LogP contribution in [0, 0.1) is 20.8 Å². The van der Waals surface area contributed by atoms with Gasteiger partial charge in [0.15, 0.2) is 0 Å². The van der Waals surface area contributed by atoms with Gasteiger partial charge in [0.1, 0.15) is 0 Å². The number of benzene rings is 2. The van der Waals surface area contributed by atoms with Gasteiger partial charge in [-0.15, -0.1) is 0 Å². The number of rotatable bonds is 4. The van der Waals surface area contributed by atoms with Crippen LogP contribution in [-0.4, -0.2) is 11.1 Å². The first-order valence-corrected chi connectivity index (χ1v) is 7.56. The van der Waals surface area contributed by atoms with E-state index in [-0.39, 0.29) is 5.92 Å². The Kier molecular flexibility index (Phi) is 4.55. The second-order valence-corrected chi connectivity index (χ2v) is 5.87. The minimum Gasteiger partial charge on any atom is -0.478 e. The number of hydrogen-bond acceptors (Lipinski definition) is 2. The molecule has 0 aliphatic heterocycles. The van der Waals surface area contributed by atoms with E-state index >= 15 is 0 Å². The highest BCUT2D eigenvalue weighted by Crippen LogP contribution is 2.37. The van der Waals surface area contributed by atoms with Crippen molar-refractivity contribution in [3.05, 3.63) is 63.7 Å². The molecule has 22 heavy (non-hydrogen) atoms. The number of aromatic carboxylic acids is 1. The summed E-state index contributed by atoms with van der Waals surface area (Å²) >= 11 is 0. The van der Waals surface area contributed by atoms with E-state index in [1.54, 1.807) is 6.07 Å². The lowest BCUT2D eigenvalue weighted by molar-refractivity contribution is 0.0696. The van der Waals surface area contributed by atoms with Gasteiger partial charge in [-0.05, 0) is 55.5 Å². The highest BCUT2D eigenvalue weighted by Gasteiger charge is 2.22. The Morgan fingerprint density at radius 3 is 2.27 bits per heavy atom. The second-order valence-electron chi connectivity index (χ2n) is 5.87. The molecule has 0 bridgehead atoms. The topological polar surface area (TPSA) is 63.3 Å². The lowest BCUT2D eigenvalue weighted by atomic mass is 9.82. The fraction of sp³-hybridized carbons (Fsp3) is 0.316. The first kappa shape index (κ1) is 16.1. The minimum atomic E-state index is -0.902. The molecule has 0 amide bonds. The maximum atomic E-state index is 11.5. The third kappa shape index (κ3) is 2.84. The molecule has 0 fully saturated rings. The monoisotopic (exact) mass is 297 g/mol. The average molecular weight is 297 g/mol. The van der Waals surface area contributed by atoms with Crippen LogP contribution in [0.15, 0.2) is 30.3 Å². The standard InChI is InChI=1S/C19H23NO2/c1-5-15(14-8-6-11(2)7-9-14)17-13(4)16(19(21)22)10-12(3)18(17)20/h6-10,15H,5,20H2,1-4H3,(H,21,22). The molecule has 2 rings (SSSR count). The molecule has 3 nitrogen and oxygen atoms in total. The van der Waals surface area contributed by atoms with E-state index in [4.69, 9.17) is 5.73 Å². The third-order valence-electron chi connectivity index (χ3n) is 4.35. The molecule has 2 aromatic carbocycles. The number of carbonyl (C=O) groups is 1. The molecule has 0 saturated heterocycles. The zero-order chi connectivity index (χ0) is 16.4. The van der Waals surface area contributed by atoms with Gasteiger partial charge in [-0.1, -0.05) is 36.8 Å². The molecule has 3 heteroatoms. The SMILES string of the molecule is CCC(c1ccc(C)cc1)c1c(C)c(C(=O)O)cc(C)c1N. The summed E-state index contributed by atoms with van der Waals surface area (Å²) in [7, 11) is 0. The maximum Gasteiger partial charge on any atom is 0.335 e. The molecule has 2 aromatic rings. The molecular weight excluding hydrogens is 274 g/mol. The van der Waals surface area contributed by atoms with Crippen molar-refractivity contribution < 1.29 is 9.90 Å². The predicted molar refractivity (Wildman–Crippen MR) is 90.6 cm³/mol. The van der Waals surface area contributed by atoms with Gasteiger partial charge in [-0.3, -0.25) is 0 Å². The predicted octanol–water partition coefficient (Wildman–Crippen LogP) is 4.43. The maximum absolute atomic E-state index is 11.5. The van der Waals surface area contributed by atoms with E-state index in [0.29, 0.717) is 11.3 Å². The summed E-state index contributed by atoms with van der Waals surface area (Å²) in [6, 6.07) is 10.0. The number of carboxylic acid groups (broad SMARTS) is 1. The van der Waals surface area contributed by atoms with Crippen LogP contribution in [0.4, 0.5) is 5.69 Å². The molecule has 3 N–H and O–H groups in total. The van der Waals surface area contributed by atoms with Crippen molar-refractivity contribution in [3.8, 4) is 0 Å². The van der Waals surface area contributed by atoms with Crippen LogP contribution in [-0.2, 0) is 0 Å². The molecule has 0 heterocycles. The molecular formula is C19H23NO2. The molecule has 0 radical (unpaired) electrons. The summed E-state index contributed by atoms with van der Waals surface area (Å²) < 4.78 is 0. The van der Waals surface area contributed by atoms with Gasteiger partial charge in [0, 0.05) is 11.6 Å². The summed E-state index contributed by atoms with van der Waals surface area (Å²) in [6.45, 7) is 7.88. The zero-order valence-electron chi connectivity index (χ0n) is 13.6. The second kappa shape index (κ2) is 6.22. The largest absolute Gasteiger partial charge is 0.478 e. The summed E-state index contributed by atoms with van der Waals surface area (Å²) in [5.41, 5.74) is 12.3. The van der Waals surface area contributed by atoms with Gasteiger partial charge >= 0.3 is 5.97 Å². The summed E-state index contributed by atoms with van der Waals surface area (Å²) in [5, 5.41) is 9.43. The van der Waals surface area contributed by atoms with Crippen LogP contribution < -0.4 is 5.73 Å². The van der Waals surface area contributed by atoms with Crippen LogP contribution in [0.1, 0.15) is 57.4 Å². The molecule has 1 unspecified atom stereocenters. The van der Waals surface area contributed by atoms with Crippen molar-refractivity contribution in [2.24, 2.45) is 0 Å². The molecule has 0 aromatic heterocycles. The Bertz CT molecular complexity index is 702. The van der Waals surface area contributed by atoms with Crippen LogP contribution in [0.5, 0.6) is 0 Å². The van der Waals surface area contributed by atoms with E-state index in [0.717, 1.165) is 23.1 Å². The molecule has 0 saturated carbocycles. The van der Waals surface area contributed by atoms with Crippen molar-refractivity contribution in [3.63, 3.8) is 0 Å². The molecule has 0 aliphatic carbocycles. The lowest BCUT2D eigenvalue weighted by Gasteiger charge is -2.23. The smallest absolute Gasteiger partial charge is 0.335 e. The Morgan fingerprint density at radius 2 is 1.77 bits per heavy atom. The number of carboxylic acids is 1. The highest BCUT2D eigenvalue weighted by molar-refractivity contribution is 5.91. The summed E-state index contributed by atoms with van der Waals surface area (Å²) in [6.07, 6.45) is 0.872. The number of anilines is 1. The fourth-order valence-corrected chi connectivity index (χ4v) is 3.04. The van der Waals surface area contributed by atoms with Crippen molar-refractivity contribution in [2.75, 3.05) is 5.73 Å². The third-order valence-corrected chi connectivity index (χ3v) is 4.35. The van der Waals surface area contributed by atoms with Gasteiger partial charge < -0.3 is 10.8 Å². The molecule has 116 valence electrons. The number of nitrogen functional groups attached to an aromatic ring is 1. The normalized spacial score (nSPS) is 12.2. The van der Waals surface area contributed by atoms with E-state index in [9.17, 15) is 9.90 Å². The van der Waals surface area contributed by atoms with E-state index in [1.165, 1.54) is 11.1 Å². The van der Waals surface area contributed by atoms with Gasteiger partial charge in [-0.25, -0.2) is 4.79 Å². The molecule has 0 aliphatic rings. The highest BCUT2D eigenvalue weighted by atomic mass is 16.4. The summed E-state index contributed by atoms with van der Waals surface area (Å²) in [4.78, 5) is 11.5. The Morgan fingerprint density at radius 1 is 1.18 bits per heavy atom. The Hall–Kier alpha value is -2.29. The van der Waals surface area contributed by atoms with Crippen LogP contribution in [0.2, 0.25) is 0 Å². The van der Waals surface area contributed by atoms with Gasteiger partial charge in [0.2, 0.25) is 0 Å². The van der Waals surface area contributed by atoms with Gasteiger partial charge in [0.25, 0.3) is 0 Å².